The number of benzene rings is 1. The Bertz CT molecular complexity index is 1410. The zero-order chi connectivity index (χ0) is 23.6. The maximum atomic E-state index is 11.1. The number of rotatable bonds is 3. The minimum atomic E-state index is -0.889. The Kier molecular flexibility index (Phi) is 5.14. The zero-order valence-electron chi connectivity index (χ0n) is 18.7. The summed E-state index contributed by atoms with van der Waals surface area (Å²) >= 11 is 3.43. The Morgan fingerprint density at radius 3 is 2.91 bits per heavy atom. The summed E-state index contributed by atoms with van der Waals surface area (Å²) in [5.74, 6) is 0.466. The number of aliphatic hydroxyl groups is 2. The molecule has 0 radical (unpaired) electrons. The fraction of sp³-hybridized carbons (Fsp3) is 0.400. The molecule has 5 unspecified atom stereocenters. The lowest BCUT2D eigenvalue weighted by Gasteiger charge is -2.26. The number of aryl methyl sites for hydroxylation is 1. The predicted molar refractivity (Wildman–Crippen MR) is 132 cm³/mol. The van der Waals surface area contributed by atoms with Gasteiger partial charge in [0.05, 0.1) is 40.5 Å². The first-order chi connectivity index (χ1) is 16.3. The van der Waals surface area contributed by atoms with Gasteiger partial charge in [-0.25, -0.2) is 15.0 Å². The quantitative estimate of drug-likeness (QED) is 0.376. The van der Waals surface area contributed by atoms with Crippen LogP contribution in [0.15, 0.2) is 47.3 Å². The van der Waals surface area contributed by atoms with Gasteiger partial charge in [-0.05, 0) is 65.9 Å². The fourth-order valence-corrected chi connectivity index (χ4v) is 6.12. The SMILES string of the molecule is Cc1ncnc2c1ccn2C1CC2(COC(Cc3ccc4cc(Br)c(N)nc4c3)C2)C(O)C1O. The molecule has 2 aliphatic rings. The lowest BCUT2D eigenvalue weighted by Crippen LogP contribution is -2.37. The summed E-state index contributed by atoms with van der Waals surface area (Å²) in [7, 11) is 0. The molecule has 4 aromatic rings. The molecule has 1 spiro atoms. The predicted octanol–water partition coefficient (Wildman–Crippen LogP) is 3.32. The maximum absolute atomic E-state index is 11.1. The van der Waals surface area contributed by atoms with Crippen LogP contribution in [0, 0.1) is 12.3 Å². The van der Waals surface area contributed by atoms with Crippen molar-refractivity contribution in [1.29, 1.82) is 0 Å². The molecule has 2 fully saturated rings. The molecule has 4 heterocycles. The van der Waals surface area contributed by atoms with Crippen molar-refractivity contribution in [2.75, 3.05) is 12.3 Å². The van der Waals surface area contributed by atoms with Crippen LogP contribution in [0.1, 0.15) is 30.1 Å². The highest BCUT2D eigenvalue weighted by atomic mass is 79.9. The van der Waals surface area contributed by atoms with Crippen LogP contribution in [0.4, 0.5) is 5.82 Å². The van der Waals surface area contributed by atoms with Crippen molar-refractivity contribution in [3.05, 3.63) is 58.6 Å². The van der Waals surface area contributed by atoms with Gasteiger partial charge in [0.2, 0.25) is 0 Å². The van der Waals surface area contributed by atoms with Gasteiger partial charge in [-0.3, -0.25) is 0 Å². The van der Waals surface area contributed by atoms with E-state index in [1.54, 1.807) is 6.33 Å². The number of ether oxygens (including phenoxy) is 1. The Balaban J connectivity index is 1.23. The van der Waals surface area contributed by atoms with Crippen LogP contribution in [0.5, 0.6) is 0 Å². The minimum Gasteiger partial charge on any atom is -0.390 e. The molecule has 1 aliphatic carbocycles. The van der Waals surface area contributed by atoms with Gasteiger partial charge in [0, 0.05) is 22.4 Å². The van der Waals surface area contributed by atoms with Crippen molar-refractivity contribution in [2.24, 2.45) is 5.41 Å². The summed E-state index contributed by atoms with van der Waals surface area (Å²) in [6, 6.07) is 9.84. The zero-order valence-corrected chi connectivity index (χ0v) is 20.3. The fourth-order valence-electron chi connectivity index (χ4n) is 5.78. The van der Waals surface area contributed by atoms with E-state index in [9.17, 15) is 10.2 Å². The molecule has 1 saturated heterocycles. The normalized spacial score (nSPS) is 29.1. The maximum Gasteiger partial charge on any atom is 0.143 e. The van der Waals surface area contributed by atoms with Gasteiger partial charge in [0.15, 0.2) is 0 Å². The Labute approximate surface area is 204 Å². The smallest absolute Gasteiger partial charge is 0.143 e. The third-order valence-corrected chi connectivity index (χ3v) is 8.23. The molecule has 176 valence electrons. The molecule has 8 nitrogen and oxygen atoms in total. The van der Waals surface area contributed by atoms with E-state index >= 15 is 0 Å². The molecule has 34 heavy (non-hydrogen) atoms. The second kappa shape index (κ2) is 7.98. The summed E-state index contributed by atoms with van der Waals surface area (Å²) in [6.45, 7) is 2.37. The number of aliphatic hydroxyl groups excluding tert-OH is 2. The number of halogens is 1. The summed E-state index contributed by atoms with van der Waals surface area (Å²) in [5.41, 5.74) is 9.11. The van der Waals surface area contributed by atoms with E-state index in [1.807, 2.05) is 42.0 Å². The van der Waals surface area contributed by atoms with Crippen molar-refractivity contribution >= 4 is 43.7 Å². The van der Waals surface area contributed by atoms with Gasteiger partial charge < -0.3 is 25.3 Å². The molecule has 9 heteroatoms. The third-order valence-electron chi connectivity index (χ3n) is 7.59. The summed E-state index contributed by atoms with van der Waals surface area (Å²) in [5, 5.41) is 24.1. The van der Waals surface area contributed by atoms with Crippen LogP contribution in [0.25, 0.3) is 21.9 Å². The van der Waals surface area contributed by atoms with E-state index in [-0.39, 0.29) is 12.1 Å². The molecule has 0 amide bonds. The number of nitrogen functional groups attached to an aromatic ring is 1. The van der Waals surface area contributed by atoms with Crippen molar-refractivity contribution in [3.8, 4) is 0 Å². The molecule has 5 atom stereocenters. The van der Waals surface area contributed by atoms with E-state index in [4.69, 9.17) is 10.5 Å². The Morgan fingerprint density at radius 1 is 1.21 bits per heavy atom. The second-order valence-corrected chi connectivity index (χ2v) is 10.6. The summed E-state index contributed by atoms with van der Waals surface area (Å²) < 4.78 is 8.95. The Morgan fingerprint density at radius 2 is 2.06 bits per heavy atom. The number of anilines is 1. The largest absolute Gasteiger partial charge is 0.390 e. The third kappa shape index (κ3) is 3.41. The highest BCUT2D eigenvalue weighted by molar-refractivity contribution is 9.10. The van der Waals surface area contributed by atoms with Crippen LogP contribution in [0.3, 0.4) is 0 Å². The van der Waals surface area contributed by atoms with E-state index < -0.39 is 17.6 Å². The average molecular weight is 524 g/mol. The molecular weight excluding hydrogens is 498 g/mol. The molecule has 6 rings (SSSR count). The lowest BCUT2D eigenvalue weighted by atomic mass is 9.80. The number of fused-ring (bicyclic) bond motifs is 2. The summed E-state index contributed by atoms with van der Waals surface area (Å²) in [4.78, 5) is 13.2. The first-order valence-corrected chi connectivity index (χ1v) is 12.2. The first kappa shape index (κ1) is 21.9. The number of hydrogen-bond acceptors (Lipinski definition) is 7. The molecule has 1 aromatic carbocycles. The number of pyridine rings is 1. The number of hydrogen-bond donors (Lipinski definition) is 3. The molecular formula is C25H26BrN5O3. The van der Waals surface area contributed by atoms with Crippen LogP contribution >= 0.6 is 15.9 Å². The topological polar surface area (TPSA) is 119 Å². The van der Waals surface area contributed by atoms with Crippen LogP contribution < -0.4 is 5.73 Å². The second-order valence-electron chi connectivity index (χ2n) is 9.71. The van der Waals surface area contributed by atoms with Crippen LogP contribution in [-0.4, -0.2) is 54.7 Å². The monoisotopic (exact) mass is 523 g/mol. The highest BCUT2D eigenvalue weighted by Crippen LogP contribution is 2.52. The molecule has 3 aromatic heterocycles. The number of aromatic nitrogens is 4. The lowest BCUT2D eigenvalue weighted by molar-refractivity contribution is -0.0308. The number of nitrogens with zero attached hydrogens (tertiary/aromatic N) is 4. The average Bonchev–Trinajstić information content (AvgIpc) is 3.49. The van der Waals surface area contributed by atoms with Crippen molar-refractivity contribution < 1.29 is 14.9 Å². The van der Waals surface area contributed by atoms with Crippen LogP contribution in [0.2, 0.25) is 0 Å². The molecule has 0 bridgehead atoms. The van der Waals surface area contributed by atoms with Gasteiger partial charge in [0.1, 0.15) is 23.9 Å². The highest BCUT2D eigenvalue weighted by Gasteiger charge is 2.57. The van der Waals surface area contributed by atoms with Crippen molar-refractivity contribution in [1.82, 2.24) is 19.5 Å². The van der Waals surface area contributed by atoms with E-state index in [1.165, 1.54) is 0 Å². The van der Waals surface area contributed by atoms with Crippen molar-refractivity contribution in [3.63, 3.8) is 0 Å². The van der Waals surface area contributed by atoms with Gasteiger partial charge in [-0.15, -0.1) is 0 Å². The molecule has 4 N–H and O–H groups in total. The Hall–Kier alpha value is -2.59. The first-order valence-electron chi connectivity index (χ1n) is 11.5. The van der Waals surface area contributed by atoms with Crippen molar-refractivity contribution in [2.45, 2.75) is 50.5 Å². The molecule has 1 aliphatic heterocycles. The molecule has 1 saturated carbocycles. The summed E-state index contributed by atoms with van der Waals surface area (Å²) in [6.07, 6.45) is 3.70. The van der Waals surface area contributed by atoms with Gasteiger partial charge in [-0.2, -0.15) is 0 Å². The van der Waals surface area contributed by atoms with Gasteiger partial charge >= 0.3 is 0 Å². The number of nitrogens with two attached hydrogens (primary N) is 1. The standard InChI is InChI=1S/C25H26BrN5O3/c1-13-17-4-5-31(24(17)29-12-28-13)20-10-25(22(33)21(20)32)9-16(34-11-25)6-14-2-3-15-8-18(26)23(27)30-19(15)7-14/h2-5,7-8,12,16,20-22,32-33H,6,9-11H2,1H3,(H2,27,30). The van der Waals surface area contributed by atoms with Crippen LogP contribution in [-0.2, 0) is 11.2 Å². The van der Waals surface area contributed by atoms with Gasteiger partial charge in [0.25, 0.3) is 0 Å². The minimum absolute atomic E-state index is 0.0446. The van der Waals surface area contributed by atoms with E-state index in [0.717, 1.165) is 37.7 Å². The van der Waals surface area contributed by atoms with E-state index in [0.29, 0.717) is 31.7 Å². The van der Waals surface area contributed by atoms with Gasteiger partial charge in [-0.1, -0.05) is 12.1 Å². The van der Waals surface area contributed by atoms with E-state index in [2.05, 4.69) is 36.9 Å².